The maximum absolute atomic E-state index is 11.9. The van der Waals surface area contributed by atoms with E-state index in [2.05, 4.69) is 10.3 Å². The van der Waals surface area contributed by atoms with Crippen LogP contribution in [0.25, 0.3) is 33.3 Å². The molecule has 1 amide bonds. The second-order valence-corrected chi connectivity index (χ2v) is 5.86. The molecule has 2 N–H and O–H groups in total. The second-order valence-electron chi connectivity index (χ2n) is 5.86. The number of aromatic nitrogens is 1. The summed E-state index contributed by atoms with van der Waals surface area (Å²) in [7, 11) is 0. The topological polar surface area (TPSA) is 92.4 Å². The lowest BCUT2D eigenvalue weighted by molar-refractivity contribution is -0.131. The first-order valence-corrected chi connectivity index (χ1v) is 8.21. The van der Waals surface area contributed by atoms with Gasteiger partial charge in [0, 0.05) is 17.5 Å². The van der Waals surface area contributed by atoms with Gasteiger partial charge in [-0.3, -0.25) is 4.79 Å². The van der Waals surface area contributed by atoms with Crippen LogP contribution in [0.4, 0.5) is 5.69 Å². The van der Waals surface area contributed by atoms with Crippen LogP contribution in [0.1, 0.15) is 0 Å². The molecule has 1 heterocycles. The summed E-state index contributed by atoms with van der Waals surface area (Å²) in [5.41, 5.74) is 2.48. The van der Waals surface area contributed by atoms with Crippen LogP contribution in [0.5, 0.6) is 0 Å². The first kappa shape index (κ1) is 16.5. The van der Waals surface area contributed by atoms with E-state index >= 15 is 0 Å². The van der Waals surface area contributed by atoms with Crippen molar-refractivity contribution in [2.24, 2.45) is 0 Å². The molecule has 27 heavy (non-hydrogen) atoms. The molecule has 0 atom stereocenters. The van der Waals surface area contributed by atoms with Gasteiger partial charge in [-0.05, 0) is 23.6 Å². The molecule has 6 heteroatoms. The van der Waals surface area contributed by atoms with Crippen molar-refractivity contribution in [1.82, 2.24) is 4.98 Å². The van der Waals surface area contributed by atoms with E-state index in [1.54, 1.807) is 18.2 Å². The zero-order valence-corrected chi connectivity index (χ0v) is 14.0. The summed E-state index contributed by atoms with van der Waals surface area (Å²) in [6.07, 6.45) is 1.74. The van der Waals surface area contributed by atoms with Gasteiger partial charge in [-0.25, -0.2) is 9.78 Å². The van der Waals surface area contributed by atoms with Crippen molar-refractivity contribution >= 4 is 39.4 Å². The average Bonchev–Trinajstić information content (AvgIpc) is 3.11. The molecule has 0 fully saturated rings. The summed E-state index contributed by atoms with van der Waals surface area (Å²) >= 11 is 0. The third-order valence-corrected chi connectivity index (χ3v) is 4.07. The van der Waals surface area contributed by atoms with Gasteiger partial charge in [0.2, 0.25) is 11.8 Å². The fourth-order valence-corrected chi connectivity index (χ4v) is 2.87. The van der Waals surface area contributed by atoms with Crippen molar-refractivity contribution in [3.63, 3.8) is 0 Å². The van der Waals surface area contributed by atoms with Crippen molar-refractivity contribution in [2.45, 2.75) is 0 Å². The molecule has 0 aliphatic rings. The Morgan fingerprint density at radius 2 is 1.74 bits per heavy atom. The number of nitrogens with zero attached hydrogens (tertiary/aromatic N) is 1. The summed E-state index contributed by atoms with van der Waals surface area (Å²) in [4.78, 5) is 27.0. The van der Waals surface area contributed by atoms with E-state index in [0.29, 0.717) is 22.7 Å². The maximum Gasteiger partial charge on any atom is 0.328 e. The number of carboxylic acids is 1. The minimum absolute atomic E-state index is 0.375. The minimum Gasteiger partial charge on any atom is -0.478 e. The van der Waals surface area contributed by atoms with Crippen LogP contribution < -0.4 is 5.32 Å². The van der Waals surface area contributed by atoms with Crippen LogP contribution in [-0.4, -0.2) is 22.0 Å². The van der Waals surface area contributed by atoms with Gasteiger partial charge in [0.25, 0.3) is 0 Å². The highest BCUT2D eigenvalue weighted by atomic mass is 16.4. The highest BCUT2D eigenvalue weighted by molar-refractivity contribution is 6.05. The van der Waals surface area contributed by atoms with E-state index < -0.39 is 11.9 Å². The number of aliphatic carboxylic acids is 1. The zero-order valence-electron chi connectivity index (χ0n) is 14.0. The van der Waals surface area contributed by atoms with Gasteiger partial charge in [0.15, 0.2) is 5.58 Å². The number of rotatable bonds is 4. The van der Waals surface area contributed by atoms with Crippen LogP contribution in [-0.2, 0) is 9.59 Å². The highest BCUT2D eigenvalue weighted by Crippen LogP contribution is 2.33. The summed E-state index contributed by atoms with van der Waals surface area (Å²) < 4.78 is 6.01. The Kier molecular flexibility index (Phi) is 4.14. The number of fused-ring (bicyclic) bond motifs is 3. The van der Waals surface area contributed by atoms with Gasteiger partial charge in [-0.2, -0.15) is 0 Å². The first-order valence-electron chi connectivity index (χ1n) is 8.21. The van der Waals surface area contributed by atoms with E-state index in [1.165, 1.54) is 0 Å². The van der Waals surface area contributed by atoms with Gasteiger partial charge in [-0.15, -0.1) is 0 Å². The van der Waals surface area contributed by atoms with Crippen molar-refractivity contribution < 1.29 is 19.1 Å². The number of nitrogens with one attached hydrogen (secondary N) is 1. The largest absolute Gasteiger partial charge is 0.478 e. The van der Waals surface area contributed by atoms with Crippen molar-refractivity contribution in [3.8, 4) is 11.5 Å². The zero-order chi connectivity index (χ0) is 18.8. The molecule has 3 aromatic carbocycles. The molecule has 4 rings (SSSR count). The number of oxazole rings is 1. The van der Waals surface area contributed by atoms with Crippen LogP contribution in [0.3, 0.4) is 0 Å². The van der Waals surface area contributed by atoms with Crippen molar-refractivity contribution in [2.75, 3.05) is 5.32 Å². The quantitative estimate of drug-likeness (QED) is 0.533. The van der Waals surface area contributed by atoms with Gasteiger partial charge < -0.3 is 14.8 Å². The Hall–Kier alpha value is -3.93. The summed E-state index contributed by atoms with van der Waals surface area (Å²) in [6, 6.07) is 18.8. The lowest BCUT2D eigenvalue weighted by Gasteiger charge is -2.06. The Bertz CT molecular complexity index is 1210. The number of amides is 1. The van der Waals surface area contributed by atoms with E-state index in [-0.39, 0.29) is 0 Å². The predicted octanol–water partition coefficient (Wildman–Crippen LogP) is 4.23. The molecule has 1 aromatic heterocycles. The average molecular weight is 358 g/mol. The molecule has 0 bridgehead atoms. The number of hydrogen-bond acceptors (Lipinski definition) is 4. The molecule has 0 saturated carbocycles. The Balaban J connectivity index is 1.77. The molecule has 132 valence electrons. The van der Waals surface area contributed by atoms with Gasteiger partial charge >= 0.3 is 5.97 Å². The van der Waals surface area contributed by atoms with Crippen LogP contribution in [0, 0.1) is 0 Å². The molecule has 0 aliphatic heterocycles. The fourth-order valence-electron chi connectivity index (χ4n) is 2.87. The van der Waals surface area contributed by atoms with Gasteiger partial charge in [0.1, 0.15) is 5.52 Å². The van der Waals surface area contributed by atoms with E-state index in [9.17, 15) is 9.59 Å². The fraction of sp³-hybridized carbons (Fsp3) is 0. The molecule has 0 saturated heterocycles. The number of benzene rings is 3. The smallest absolute Gasteiger partial charge is 0.328 e. The van der Waals surface area contributed by atoms with E-state index in [1.807, 2.05) is 42.5 Å². The summed E-state index contributed by atoms with van der Waals surface area (Å²) in [6.45, 7) is 0. The third-order valence-electron chi connectivity index (χ3n) is 4.07. The van der Waals surface area contributed by atoms with E-state index in [4.69, 9.17) is 9.52 Å². The summed E-state index contributed by atoms with van der Waals surface area (Å²) in [5, 5.41) is 13.3. The van der Waals surface area contributed by atoms with Gasteiger partial charge in [-0.1, -0.05) is 42.5 Å². The van der Waals surface area contributed by atoms with Crippen molar-refractivity contribution in [3.05, 3.63) is 72.8 Å². The molecule has 0 spiro atoms. The van der Waals surface area contributed by atoms with E-state index in [0.717, 1.165) is 28.4 Å². The van der Waals surface area contributed by atoms with Crippen molar-refractivity contribution in [1.29, 1.82) is 0 Å². The number of para-hydroxylation sites is 1. The maximum atomic E-state index is 11.9. The number of carboxylic acid groups (broad SMARTS) is 1. The first-order chi connectivity index (χ1) is 13.1. The molecule has 6 nitrogen and oxygen atoms in total. The predicted molar refractivity (Wildman–Crippen MR) is 102 cm³/mol. The number of anilines is 1. The molecular weight excluding hydrogens is 344 g/mol. The van der Waals surface area contributed by atoms with Crippen LogP contribution in [0.2, 0.25) is 0 Å². The molecule has 0 radical (unpaired) electrons. The molecule has 4 aromatic rings. The highest BCUT2D eigenvalue weighted by Gasteiger charge is 2.14. The van der Waals surface area contributed by atoms with Crippen LogP contribution >= 0.6 is 0 Å². The Morgan fingerprint density at radius 1 is 0.963 bits per heavy atom. The normalized spacial score (nSPS) is 11.3. The second kappa shape index (κ2) is 6.76. The molecule has 0 aliphatic carbocycles. The number of hydrogen-bond donors (Lipinski definition) is 2. The monoisotopic (exact) mass is 358 g/mol. The minimum atomic E-state index is -1.19. The summed E-state index contributed by atoms with van der Waals surface area (Å²) in [5.74, 6) is -1.37. The lowest BCUT2D eigenvalue weighted by Crippen LogP contribution is -2.09. The lowest BCUT2D eigenvalue weighted by atomic mass is 10.1. The number of carbonyl (C=O) groups is 2. The molecular formula is C21H14N2O4. The SMILES string of the molecule is O=C(O)C=CC(=O)Nc1ccccc1-c1nc2ccc3ccccc3c2o1. The Labute approximate surface area is 153 Å². The molecule has 0 unspecified atom stereocenters. The van der Waals surface area contributed by atoms with Gasteiger partial charge in [0.05, 0.1) is 11.3 Å². The number of carbonyl (C=O) groups excluding carboxylic acids is 1. The standard InChI is InChI=1S/C21H14N2O4/c24-18(11-12-19(25)26)22-16-8-4-3-7-15(16)21-23-17-10-9-13-5-1-2-6-14(13)20(17)27-21/h1-12H,(H,22,24)(H,25,26). The third kappa shape index (κ3) is 3.28. The Morgan fingerprint density at radius 3 is 2.59 bits per heavy atom. The van der Waals surface area contributed by atoms with Crippen LogP contribution in [0.15, 0.2) is 77.2 Å².